The lowest BCUT2D eigenvalue weighted by Gasteiger charge is -2.05. The molecule has 16 heavy (non-hydrogen) atoms. The van der Waals surface area contributed by atoms with Gasteiger partial charge in [-0.05, 0) is 18.6 Å². The Morgan fingerprint density at radius 2 is 2.25 bits per heavy atom. The Labute approximate surface area is 94.8 Å². The first-order valence-electron chi connectivity index (χ1n) is 5.66. The van der Waals surface area contributed by atoms with Gasteiger partial charge in [0.15, 0.2) is 0 Å². The van der Waals surface area contributed by atoms with Crippen molar-refractivity contribution in [1.82, 2.24) is 9.88 Å². The Morgan fingerprint density at radius 3 is 3.06 bits per heavy atom. The molecule has 0 saturated carbocycles. The Hall–Kier alpha value is -1.77. The average molecular weight is 213 g/mol. The Kier molecular flexibility index (Phi) is 2.17. The quantitative estimate of drug-likeness (QED) is 0.811. The molecule has 0 radical (unpaired) electrons. The van der Waals surface area contributed by atoms with Gasteiger partial charge in [-0.1, -0.05) is 18.2 Å². The number of para-hydroxylation sites is 1. The van der Waals surface area contributed by atoms with Gasteiger partial charge in [0.1, 0.15) is 5.84 Å². The Bertz CT molecular complexity index is 551. The third kappa shape index (κ3) is 1.48. The average Bonchev–Trinajstić information content (AvgIpc) is 2.90. The van der Waals surface area contributed by atoms with Gasteiger partial charge in [-0.3, -0.25) is 4.99 Å². The molecule has 1 aliphatic rings. The highest BCUT2D eigenvalue weighted by atomic mass is 15.1. The first-order valence-corrected chi connectivity index (χ1v) is 5.66. The molecular formula is C13H15N3. The Balaban J connectivity index is 2.03. The highest BCUT2D eigenvalue weighted by Gasteiger charge is 2.09. The number of amidine groups is 1. The molecule has 82 valence electrons. The van der Waals surface area contributed by atoms with E-state index in [0.29, 0.717) is 0 Å². The monoisotopic (exact) mass is 213 g/mol. The van der Waals surface area contributed by atoms with Gasteiger partial charge in [-0.2, -0.15) is 0 Å². The molecule has 0 amide bonds. The molecule has 2 aromatic rings. The molecule has 0 bridgehead atoms. The lowest BCUT2D eigenvalue weighted by Crippen LogP contribution is -2.23. The number of aromatic nitrogens is 1. The van der Waals surface area contributed by atoms with E-state index >= 15 is 0 Å². The second-order valence-electron chi connectivity index (χ2n) is 4.21. The zero-order valence-electron chi connectivity index (χ0n) is 9.40. The first-order chi connectivity index (χ1) is 7.84. The topological polar surface area (TPSA) is 29.3 Å². The molecule has 0 saturated heterocycles. The first kappa shape index (κ1) is 9.46. The number of fused-ring (bicyclic) bond motifs is 1. The number of aryl methyl sites for hydroxylation is 1. The van der Waals surface area contributed by atoms with Crippen LogP contribution in [-0.4, -0.2) is 23.5 Å². The minimum Gasteiger partial charge on any atom is -0.370 e. The zero-order chi connectivity index (χ0) is 11.0. The number of aliphatic imine (C=N–C) groups is 1. The molecule has 3 rings (SSSR count). The van der Waals surface area contributed by atoms with Crippen LogP contribution in [-0.2, 0) is 6.54 Å². The van der Waals surface area contributed by atoms with Crippen molar-refractivity contribution in [2.24, 2.45) is 4.99 Å². The van der Waals surface area contributed by atoms with E-state index in [2.05, 4.69) is 52.3 Å². The molecular weight excluding hydrogens is 198 g/mol. The minimum atomic E-state index is 0.856. The van der Waals surface area contributed by atoms with E-state index < -0.39 is 0 Å². The highest BCUT2D eigenvalue weighted by molar-refractivity contribution is 5.88. The van der Waals surface area contributed by atoms with Gasteiger partial charge in [0.05, 0.1) is 13.1 Å². The third-order valence-corrected chi connectivity index (χ3v) is 3.05. The van der Waals surface area contributed by atoms with Gasteiger partial charge in [-0.25, -0.2) is 0 Å². The maximum Gasteiger partial charge on any atom is 0.117 e. The van der Waals surface area contributed by atoms with Crippen LogP contribution in [0.3, 0.4) is 0 Å². The molecule has 3 heteroatoms. The van der Waals surface area contributed by atoms with E-state index in [1.807, 2.05) is 0 Å². The van der Waals surface area contributed by atoms with Gasteiger partial charge < -0.3 is 9.88 Å². The van der Waals surface area contributed by atoms with Crippen molar-refractivity contribution in [2.75, 3.05) is 13.1 Å². The number of rotatable bonds is 2. The summed E-state index contributed by atoms with van der Waals surface area (Å²) in [6.45, 7) is 4.90. The molecule has 1 aromatic carbocycles. The predicted molar refractivity (Wildman–Crippen MR) is 67.0 cm³/mol. The predicted octanol–water partition coefficient (Wildman–Crippen LogP) is 1.95. The third-order valence-electron chi connectivity index (χ3n) is 3.05. The summed E-state index contributed by atoms with van der Waals surface area (Å²) in [7, 11) is 0. The SMILES string of the molecule is Cc1cn(CC2=NCCN2)c2ccccc12. The normalized spacial score (nSPS) is 15.2. The summed E-state index contributed by atoms with van der Waals surface area (Å²) < 4.78 is 2.27. The van der Waals surface area contributed by atoms with Crippen molar-refractivity contribution >= 4 is 16.7 Å². The second-order valence-corrected chi connectivity index (χ2v) is 4.21. The summed E-state index contributed by atoms with van der Waals surface area (Å²) >= 11 is 0. The fourth-order valence-corrected chi connectivity index (χ4v) is 2.28. The van der Waals surface area contributed by atoms with Crippen LogP contribution >= 0.6 is 0 Å². The summed E-state index contributed by atoms with van der Waals surface area (Å²) in [5, 5.41) is 4.64. The minimum absolute atomic E-state index is 0.856. The largest absolute Gasteiger partial charge is 0.370 e. The molecule has 0 unspecified atom stereocenters. The highest BCUT2D eigenvalue weighted by Crippen LogP contribution is 2.20. The van der Waals surface area contributed by atoms with Crippen LogP contribution in [0.5, 0.6) is 0 Å². The van der Waals surface area contributed by atoms with E-state index in [1.165, 1.54) is 16.5 Å². The van der Waals surface area contributed by atoms with Crippen molar-refractivity contribution < 1.29 is 0 Å². The number of benzene rings is 1. The molecule has 3 nitrogen and oxygen atoms in total. The molecule has 1 aromatic heterocycles. The lowest BCUT2D eigenvalue weighted by molar-refractivity contribution is 0.860. The summed E-state index contributed by atoms with van der Waals surface area (Å²) in [6.07, 6.45) is 2.20. The second kappa shape index (κ2) is 3.67. The van der Waals surface area contributed by atoms with Crippen LogP contribution < -0.4 is 5.32 Å². The van der Waals surface area contributed by atoms with Crippen LogP contribution in [0.1, 0.15) is 5.56 Å². The maximum absolute atomic E-state index is 4.43. The van der Waals surface area contributed by atoms with Crippen molar-refractivity contribution in [2.45, 2.75) is 13.5 Å². The molecule has 0 fully saturated rings. The van der Waals surface area contributed by atoms with Gasteiger partial charge in [0.2, 0.25) is 0 Å². The van der Waals surface area contributed by atoms with E-state index in [1.54, 1.807) is 0 Å². The summed E-state index contributed by atoms with van der Waals surface area (Å²) in [4.78, 5) is 4.43. The van der Waals surface area contributed by atoms with E-state index in [0.717, 1.165) is 25.5 Å². The van der Waals surface area contributed by atoms with Crippen LogP contribution in [0.15, 0.2) is 35.5 Å². The maximum atomic E-state index is 4.43. The van der Waals surface area contributed by atoms with E-state index in [9.17, 15) is 0 Å². The smallest absolute Gasteiger partial charge is 0.117 e. The zero-order valence-corrected chi connectivity index (χ0v) is 9.40. The fraction of sp³-hybridized carbons (Fsp3) is 0.308. The number of nitrogens with one attached hydrogen (secondary N) is 1. The fourth-order valence-electron chi connectivity index (χ4n) is 2.28. The van der Waals surface area contributed by atoms with Crippen molar-refractivity contribution in [1.29, 1.82) is 0 Å². The van der Waals surface area contributed by atoms with Crippen molar-refractivity contribution in [3.63, 3.8) is 0 Å². The van der Waals surface area contributed by atoms with Crippen LogP contribution in [0, 0.1) is 6.92 Å². The van der Waals surface area contributed by atoms with Crippen molar-refractivity contribution in [3.05, 3.63) is 36.0 Å². The molecule has 1 aliphatic heterocycles. The molecule has 1 N–H and O–H groups in total. The van der Waals surface area contributed by atoms with Crippen LogP contribution in [0.25, 0.3) is 10.9 Å². The molecule has 2 heterocycles. The van der Waals surface area contributed by atoms with E-state index in [4.69, 9.17) is 0 Å². The number of nitrogens with zero attached hydrogens (tertiary/aromatic N) is 2. The van der Waals surface area contributed by atoms with Gasteiger partial charge in [0, 0.05) is 23.6 Å². The molecule has 0 atom stereocenters. The summed E-state index contributed by atoms with van der Waals surface area (Å²) in [5.41, 5.74) is 2.62. The van der Waals surface area contributed by atoms with E-state index in [-0.39, 0.29) is 0 Å². The van der Waals surface area contributed by atoms with Gasteiger partial charge in [-0.15, -0.1) is 0 Å². The van der Waals surface area contributed by atoms with Crippen molar-refractivity contribution in [3.8, 4) is 0 Å². The van der Waals surface area contributed by atoms with Crippen LogP contribution in [0.2, 0.25) is 0 Å². The standard InChI is InChI=1S/C13H15N3/c1-10-8-16(9-13-14-6-7-15-13)12-5-3-2-4-11(10)12/h2-5,8H,6-7,9H2,1H3,(H,14,15). The van der Waals surface area contributed by atoms with Gasteiger partial charge >= 0.3 is 0 Å². The Morgan fingerprint density at radius 1 is 1.38 bits per heavy atom. The summed E-state index contributed by atoms with van der Waals surface area (Å²) in [5.74, 6) is 1.10. The summed E-state index contributed by atoms with van der Waals surface area (Å²) in [6, 6.07) is 8.51. The molecule has 0 spiro atoms. The number of hydrogen-bond donors (Lipinski definition) is 1. The number of hydrogen-bond acceptors (Lipinski definition) is 2. The van der Waals surface area contributed by atoms with Crippen LogP contribution in [0.4, 0.5) is 0 Å². The lowest BCUT2D eigenvalue weighted by atomic mass is 10.2. The van der Waals surface area contributed by atoms with Gasteiger partial charge in [0.25, 0.3) is 0 Å². The molecule has 0 aliphatic carbocycles.